The molecular weight excluding hydrogens is 369 g/mol. The van der Waals surface area contributed by atoms with Gasteiger partial charge in [-0.2, -0.15) is 0 Å². The molecule has 0 aromatic carbocycles. The summed E-state index contributed by atoms with van der Waals surface area (Å²) in [5, 5.41) is 7.02. The molecule has 6 heteroatoms. The summed E-state index contributed by atoms with van der Waals surface area (Å²) in [7, 11) is 4.35. The highest BCUT2D eigenvalue weighted by Crippen LogP contribution is 2.59. The Labute approximate surface area is 133 Å². The Balaban J connectivity index is 2.20. The second-order valence-corrected chi connectivity index (χ2v) is 6.79. The molecule has 1 fully saturated rings. The maximum absolute atomic E-state index is 12.4. The Bertz CT molecular complexity index is 522. The number of carbonyl (C=O) groups excluding carboxylic acids is 1. The van der Waals surface area contributed by atoms with Gasteiger partial charge < -0.3 is 4.52 Å². The second kappa shape index (κ2) is 4.98. The highest BCUT2D eigenvalue weighted by atomic mass is 127. The van der Waals surface area contributed by atoms with Crippen LogP contribution >= 0.6 is 22.6 Å². The van der Waals surface area contributed by atoms with Crippen molar-refractivity contribution in [2.24, 2.45) is 0 Å². The van der Waals surface area contributed by atoms with Crippen molar-refractivity contribution in [2.75, 3.05) is 14.1 Å². The van der Waals surface area contributed by atoms with Crippen LogP contribution in [-0.4, -0.2) is 40.8 Å². The van der Waals surface area contributed by atoms with Gasteiger partial charge in [-0.3, -0.25) is 14.6 Å². The molecule has 1 aromatic rings. The number of hydrogen-bond acceptors (Lipinski definition) is 3. The molecule has 20 heavy (non-hydrogen) atoms. The van der Waals surface area contributed by atoms with Crippen molar-refractivity contribution in [3.05, 3.63) is 17.5 Å². The number of amides is 1. The van der Waals surface area contributed by atoms with Gasteiger partial charge in [-0.25, -0.2) is 0 Å². The molecule has 2 rings (SSSR count). The second-order valence-electron chi connectivity index (χ2n) is 6.03. The maximum Gasteiger partial charge on any atom is 0.278 e. The summed E-state index contributed by atoms with van der Waals surface area (Å²) in [5.41, 5.74) is 0.209. The van der Waals surface area contributed by atoms with E-state index < -0.39 is 0 Å². The van der Waals surface area contributed by atoms with Crippen molar-refractivity contribution in [2.45, 2.75) is 49.2 Å². The first-order valence-corrected chi connectivity index (χ1v) is 8.50. The molecule has 1 aromatic heterocycles. The molecule has 5 nitrogen and oxygen atoms in total. The van der Waals surface area contributed by atoms with Crippen molar-refractivity contribution in [1.82, 2.24) is 10.5 Å². The van der Waals surface area contributed by atoms with Crippen molar-refractivity contribution in [3.8, 4) is 0 Å². The van der Waals surface area contributed by atoms with Crippen LogP contribution < -0.4 is 5.32 Å². The summed E-state index contributed by atoms with van der Waals surface area (Å²) in [6.07, 6.45) is 2.07. The molecule has 1 atom stereocenters. The SMILES string of the molecule is CCC1(CC)C(C)(NC(=O)c2cc(CI)on2)[N+]1(C)C. The predicted molar refractivity (Wildman–Crippen MR) is 85.5 cm³/mol. The quantitative estimate of drug-likeness (QED) is 0.363. The summed E-state index contributed by atoms with van der Waals surface area (Å²) in [5.74, 6) is 0.574. The summed E-state index contributed by atoms with van der Waals surface area (Å²) < 4.78 is 6.62. The molecule has 1 amide bonds. The lowest BCUT2D eigenvalue weighted by Gasteiger charge is -2.14. The van der Waals surface area contributed by atoms with Gasteiger partial charge in [-0.1, -0.05) is 41.6 Å². The van der Waals surface area contributed by atoms with Crippen molar-refractivity contribution in [1.29, 1.82) is 0 Å². The minimum absolute atomic E-state index is 0.0957. The Morgan fingerprint density at radius 3 is 2.45 bits per heavy atom. The van der Waals surface area contributed by atoms with Crippen LogP contribution in [0.1, 0.15) is 49.9 Å². The number of nitrogens with one attached hydrogen (secondary N) is 1. The number of alkyl halides is 1. The van der Waals surface area contributed by atoms with Crippen molar-refractivity contribution < 1.29 is 13.8 Å². The van der Waals surface area contributed by atoms with Gasteiger partial charge >= 0.3 is 0 Å². The number of hydrogen-bond donors (Lipinski definition) is 1. The lowest BCUT2D eigenvalue weighted by molar-refractivity contribution is -0.814. The molecule has 1 aliphatic rings. The topological polar surface area (TPSA) is 55.1 Å². The Hall–Kier alpha value is -0.630. The van der Waals surface area contributed by atoms with Gasteiger partial charge in [0.05, 0.1) is 18.5 Å². The molecule has 1 N–H and O–H groups in total. The van der Waals surface area contributed by atoms with Crippen LogP contribution in [0.4, 0.5) is 0 Å². The minimum Gasteiger partial charge on any atom is -0.360 e. The standard InChI is InChI=1S/C14H22IN3O2/c1-6-14(7-2)13(3,18(14,4)5)16-12(19)11-8-10(9-15)20-17-11/h8H,6-7,9H2,1-5H3/p+1. The fourth-order valence-electron chi connectivity index (χ4n) is 3.90. The monoisotopic (exact) mass is 392 g/mol. The molecular formula is C14H23IN3O2+. The zero-order valence-corrected chi connectivity index (χ0v) is 14.9. The lowest BCUT2D eigenvalue weighted by atomic mass is 9.95. The first-order valence-electron chi connectivity index (χ1n) is 6.98. The largest absolute Gasteiger partial charge is 0.360 e. The van der Waals surface area contributed by atoms with Gasteiger partial charge in [0, 0.05) is 25.8 Å². The van der Waals surface area contributed by atoms with Crippen LogP contribution in [0.2, 0.25) is 0 Å². The van der Waals surface area contributed by atoms with E-state index in [1.807, 2.05) is 0 Å². The third-order valence-electron chi connectivity index (χ3n) is 5.49. The lowest BCUT2D eigenvalue weighted by Crippen LogP contribution is -2.44. The zero-order chi connectivity index (χ0) is 15.2. The predicted octanol–water partition coefficient (Wildman–Crippen LogP) is 2.70. The highest BCUT2D eigenvalue weighted by Gasteiger charge is 2.82. The van der Waals surface area contributed by atoms with E-state index in [1.165, 1.54) is 0 Å². The van der Waals surface area contributed by atoms with Crippen molar-refractivity contribution in [3.63, 3.8) is 0 Å². The maximum atomic E-state index is 12.4. The van der Waals surface area contributed by atoms with E-state index >= 15 is 0 Å². The molecule has 0 aliphatic carbocycles. The average molecular weight is 392 g/mol. The third-order valence-corrected chi connectivity index (χ3v) is 6.25. The Morgan fingerprint density at radius 2 is 2.05 bits per heavy atom. The number of quaternary nitrogens is 1. The van der Waals surface area contributed by atoms with E-state index in [9.17, 15) is 4.79 Å². The zero-order valence-electron chi connectivity index (χ0n) is 12.8. The van der Waals surface area contributed by atoms with E-state index in [0.717, 1.165) is 23.1 Å². The summed E-state index contributed by atoms with van der Waals surface area (Å²) in [6, 6.07) is 1.72. The first kappa shape index (κ1) is 15.8. The molecule has 0 bridgehead atoms. The van der Waals surface area contributed by atoms with E-state index in [0.29, 0.717) is 10.1 Å². The molecule has 112 valence electrons. The van der Waals surface area contributed by atoms with Crippen LogP contribution in [-0.2, 0) is 4.43 Å². The number of rotatable bonds is 5. The van der Waals surface area contributed by atoms with E-state index in [-0.39, 0.29) is 17.1 Å². The fourth-order valence-corrected chi connectivity index (χ4v) is 4.26. The smallest absolute Gasteiger partial charge is 0.278 e. The first-order chi connectivity index (χ1) is 9.29. The van der Waals surface area contributed by atoms with Crippen LogP contribution in [0, 0.1) is 0 Å². The molecule has 0 radical (unpaired) electrons. The number of likely N-dealkylation sites (N-methyl/N-ethyl adjacent to an activating group) is 1. The summed E-state index contributed by atoms with van der Waals surface area (Å²) in [4.78, 5) is 12.4. The number of carbonyl (C=O) groups is 1. The van der Waals surface area contributed by atoms with Crippen LogP contribution in [0.3, 0.4) is 0 Å². The van der Waals surface area contributed by atoms with Gasteiger partial charge in [0.15, 0.2) is 11.2 Å². The normalized spacial score (nSPS) is 26.3. The van der Waals surface area contributed by atoms with Gasteiger partial charge in [-0.15, -0.1) is 0 Å². The van der Waals surface area contributed by atoms with Crippen molar-refractivity contribution >= 4 is 28.5 Å². The van der Waals surface area contributed by atoms with E-state index in [2.05, 4.69) is 67.9 Å². The molecule has 1 aliphatic heterocycles. The molecule has 0 spiro atoms. The highest BCUT2D eigenvalue weighted by molar-refractivity contribution is 14.1. The van der Waals surface area contributed by atoms with Gasteiger partial charge in [0.2, 0.25) is 5.66 Å². The summed E-state index contributed by atoms with van der Waals surface area (Å²) in [6.45, 7) is 6.49. The number of aromatic nitrogens is 1. The van der Waals surface area contributed by atoms with Crippen LogP contribution in [0.25, 0.3) is 0 Å². The van der Waals surface area contributed by atoms with Crippen LogP contribution in [0.15, 0.2) is 10.6 Å². The molecule has 1 unspecified atom stereocenters. The molecule has 1 saturated heterocycles. The number of nitrogens with zero attached hydrogens (tertiary/aromatic N) is 2. The van der Waals surface area contributed by atoms with Gasteiger partial charge in [0.25, 0.3) is 5.91 Å². The third kappa shape index (κ3) is 1.83. The van der Waals surface area contributed by atoms with Gasteiger partial charge in [0.1, 0.15) is 5.76 Å². The Kier molecular flexibility index (Phi) is 3.92. The average Bonchev–Trinajstić information content (AvgIpc) is 2.79. The molecule has 0 saturated carbocycles. The van der Waals surface area contributed by atoms with Gasteiger partial charge in [-0.05, 0) is 0 Å². The fraction of sp³-hybridized carbons (Fsp3) is 0.714. The Morgan fingerprint density at radius 1 is 1.45 bits per heavy atom. The summed E-state index contributed by atoms with van der Waals surface area (Å²) >= 11 is 2.19. The van der Waals surface area contributed by atoms with E-state index in [1.54, 1.807) is 6.07 Å². The minimum atomic E-state index is -0.253. The molecule has 2 heterocycles. The van der Waals surface area contributed by atoms with E-state index in [4.69, 9.17) is 4.52 Å². The number of halogens is 1. The van der Waals surface area contributed by atoms with Crippen LogP contribution in [0.5, 0.6) is 0 Å².